The summed E-state index contributed by atoms with van der Waals surface area (Å²) in [6.45, 7) is 0. The molecule has 4 aliphatic carbocycles. The van der Waals surface area contributed by atoms with Gasteiger partial charge in [0.05, 0.1) is 6.04 Å². The maximum absolute atomic E-state index is 12.6. The van der Waals surface area contributed by atoms with Crippen LogP contribution in [0.2, 0.25) is 0 Å². The van der Waals surface area contributed by atoms with E-state index in [2.05, 4.69) is 41.7 Å². The normalized spacial score (nSPS) is 24.0. The van der Waals surface area contributed by atoms with E-state index < -0.39 is 0 Å². The summed E-state index contributed by atoms with van der Waals surface area (Å²) in [6, 6.07) is 8.59. The first-order chi connectivity index (χ1) is 10.3. The minimum Gasteiger partial charge on any atom is -0.345 e. The highest BCUT2D eigenvalue weighted by atomic mass is 16.1. The van der Waals surface area contributed by atoms with E-state index in [1.807, 2.05) is 6.08 Å². The number of benzene rings is 1. The number of aryl methyl sites for hydroxylation is 1. The molecule has 1 fully saturated rings. The van der Waals surface area contributed by atoms with Crippen molar-refractivity contribution in [3.05, 3.63) is 81.5 Å². The van der Waals surface area contributed by atoms with E-state index in [1.54, 1.807) is 0 Å². The van der Waals surface area contributed by atoms with Gasteiger partial charge in [0.15, 0.2) is 0 Å². The van der Waals surface area contributed by atoms with Crippen LogP contribution in [0.25, 0.3) is 0 Å². The maximum atomic E-state index is 12.6. The number of carbonyl (C=O) groups excluding carboxylic acids is 1. The molecule has 2 nitrogen and oxygen atoms in total. The van der Waals surface area contributed by atoms with Crippen LogP contribution in [-0.4, -0.2) is 5.91 Å². The molecule has 102 valence electrons. The van der Waals surface area contributed by atoms with E-state index in [9.17, 15) is 4.79 Å². The lowest BCUT2D eigenvalue weighted by molar-refractivity contribution is -0.117. The van der Waals surface area contributed by atoms with Gasteiger partial charge in [0.2, 0.25) is 0 Å². The summed E-state index contributed by atoms with van der Waals surface area (Å²) in [5.74, 6) is 0.0664. The van der Waals surface area contributed by atoms with Gasteiger partial charge < -0.3 is 5.32 Å². The minimum atomic E-state index is 0.0664. The molecule has 0 saturated heterocycles. The van der Waals surface area contributed by atoms with E-state index in [4.69, 9.17) is 0 Å². The van der Waals surface area contributed by atoms with Crippen LogP contribution in [0, 0.1) is 0 Å². The van der Waals surface area contributed by atoms with Gasteiger partial charge in [-0.3, -0.25) is 4.79 Å². The molecule has 0 heterocycles. The first-order valence-electron chi connectivity index (χ1n) is 7.57. The quantitative estimate of drug-likeness (QED) is 0.880. The van der Waals surface area contributed by atoms with E-state index in [0.29, 0.717) is 0 Å². The summed E-state index contributed by atoms with van der Waals surface area (Å²) >= 11 is 0. The van der Waals surface area contributed by atoms with E-state index >= 15 is 0 Å². The molecule has 0 radical (unpaired) electrons. The number of allylic oxidation sites excluding steroid dienone is 6. The number of fused-ring (bicyclic) bond motifs is 3. The summed E-state index contributed by atoms with van der Waals surface area (Å²) in [4.78, 5) is 12.6. The molecular weight excluding hydrogens is 258 g/mol. The number of nitrogens with one attached hydrogen (secondary N) is 1. The number of hydrogen-bond donors (Lipinski definition) is 1. The molecule has 1 aromatic rings. The highest BCUT2D eigenvalue weighted by Crippen LogP contribution is 2.51. The van der Waals surface area contributed by atoms with E-state index in [0.717, 1.165) is 30.4 Å². The SMILES string of the molecule is O=C(N[C@H]1CCc2ccccc21)C1=C2C=C3CC3=C2C=C1. The zero-order valence-electron chi connectivity index (χ0n) is 11.6. The van der Waals surface area contributed by atoms with Crippen LogP contribution < -0.4 is 5.32 Å². The van der Waals surface area contributed by atoms with Crippen molar-refractivity contribution >= 4 is 5.91 Å². The average molecular weight is 273 g/mol. The number of amides is 1. The second-order valence-corrected chi connectivity index (χ2v) is 6.16. The monoisotopic (exact) mass is 273 g/mol. The molecule has 1 saturated carbocycles. The molecule has 21 heavy (non-hydrogen) atoms. The van der Waals surface area contributed by atoms with Crippen LogP contribution in [0.4, 0.5) is 0 Å². The van der Waals surface area contributed by atoms with Crippen molar-refractivity contribution in [2.45, 2.75) is 25.3 Å². The molecular formula is C19H15NO. The predicted molar refractivity (Wildman–Crippen MR) is 81.5 cm³/mol. The molecule has 1 N–H and O–H groups in total. The second kappa shape index (κ2) is 3.85. The lowest BCUT2D eigenvalue weighted by Crippen LogP contribution is -2.28. The molecule has 1 atom stereocenters. The van der Waals surface area contributed by atoms with E-state index in [-0.39, 0.29) is 11.9 Å². The van der Waals surface area contributed by atoms with Gasteiger partial charge in [0.25, 0.3) is 5.91 Å². The second-order valence-electron chi connectivity index (χ2n) is 6.16. The molecule has 5 rings (SSSR count). The van der Waals surface area contributed by atoms with Crippen molar-refractivity contribution in [3.63, 3.8) is 0 Å². The Kier molecular flexibility index (Phi) is 2.08. The zero-order valence-corrected chi connectivity index (χ0v) is 11.6. The lowest BCUT2D eigenvalue weighted by Gasteiger charge is -2.14. The summed E-state index contributed by atoms with van der Waals surface area (Å²) in [5.41, 5.74) is 8.76. The smallest absolute Gasteiger partial charge is 0.252 e. The lowest BCUT2D eigenvalue weighted by atomic mass is 10.1. The summed E-state index contributed by atoms with van der Waals surface area (Å²) in [7, 11) is 0. The van der Waals surface area contributed by atoms with Gasteiger partial charge in [-0.05, 0) is 64.8 Å². The first-order valence-corrected chi connectivity index (χ1v) is 7.57. The predicted octanol–water partition coefficient (Wildman–Crippen LogP) is 3.30. The van der Waals surface area contributed by atoms with Gasteiger partial charge in [-0.15, -0.1) is 0 Å². The van der Waals surface area contributed by atoms with Crippen LogP contribution >= 0.6 is 0 Å². The number of rotatable bonds is 2. The van der Waals surface area contributed by atoms with Crippen LogP contribution in [0.5, 0.6) is 0 Å². The fraction of sp³-hybridized carbons (Fsp3) is 0.211. The number of hydrogen-bond acceptors (Lipinski definition) is 1. The van der Waals surface area contributed by atoms with Crippen molar-refractivity contribution in [3.8, 4) is 0 Å². The Labute approximate surface area is 123 Å². The standard InChI is InChI=1S/C19H15NO/c21-19(15-7-6-14-16-9-12(16)10-17(14)15)20-18-8-5-11-3-1-2-4-13(11)18/h1-4,6-7,10,18H,5,8-9H2,(H,20,21)/t18-/m0/s1. The van der Waals surface area contributed by atoms with Gasteiger partial charge in [-0.2, -0.15) is 0 Å². The molecule has 0 aromatic heterocycles. The largest absolute Gasteiger partial charge is 0.345 e. The summed E-state index contributed by atoms with van der Waals surface area (Å²) in [6.07, 6.45) is 9.43. The first kappa shape index (κ1) is 11.3. The Balaban J connectivity index is 1.43. The van der Waals surface area contributed by atoms with Gasteiger partial charge in [0.1, 0.15) is 0 Å². The third-order valence-corrected chi connectivity index (χ3v) is 4.95. The summed E-state index contributed by atoms with van der Waals surface area (Å²) < 4.78 is 0. The molecule has 0 unspecified atom stereocenters. The van der Waals surface area contributed by atoms with Crippen molar-refractivity contribution in [2.75, 3.05) is 0 Å². The molecule has 2 heteroatoms. The fourth-order valence-electron chi connectivity index (χ4n) is 3.78. The Morgan fingerprint density at radius 1 is 1.14 bits per heavy atom. The van der Waals surface area contributed by atoms with Crippen LogP contribution in [0.1, 0.15) is 30.0 Å². The van der Waals surface area contributed by atoms with Gasteiger partial charge in [0, 0.05) is 5.57 Å². The number of carbonyl (C=O) groups is 1. The molecule has 0 bridgehead atoms. The fourth-order valence-corrected chi connectivity index (χ4v) is 3.78. The third kappa shape index (κ3) is 1.56. The highest BCUT2D eigenvalue weighted by Gasteiger charge is 2.36. The van der Waals surface area contributed by atoms with Gasteiger partial charge in [-0.25, -0.2) is 0 Å². The third-order valence-electron chi connectivity index (χ3n) is 4.95. The molecule has 0 spiro atoms. The van der Waals surface area contributed by atoms with Crippen molar-refractivity contribution in [1.82, 2.24) is 5.32 Å². The Hall–Kier alpha value is -2.35. The van der Waals surface area contributed by atoms with Crippen LogP contribution in [0.3, 0.4) is 0 Å². The van der Waals surface area contributed by atoms with Crippen LogP contribution in [0.15, 0.2) is 70.4 Å². The van der Waals surface area contributed by atoms with Crippen molar-refractivity contribution in [2.24, 2.45) is 0 Å². The van der Waals surface area contributed by atoms with Gasteiger partial charge in [-0.1, -0.05) is 30.3 Å². The Morgan fingerprint density at radius 3 is 3.00 bits per heavy atom. The van der Waals surface area contributed by atoms with Crippen molar-refractivity contribution < 1.29 is 4.79 Å². The Morgan fingerprint density at radius 2 is 2.05 bits per heavy atom. The zero-order chi connectivity index (χ0) is 14.0. The van der Waals surface area contributed by atoms with Gasteiger partial charge >= 0.3 is 0 Å². The molecule has 0 aliphatic heterocycles. The molecule has 1 aromatic carbocycles. The summed E-state index contributed by atoms with van der Waals surface area (Å²) in [5, 5.41) is 3.22. The minimum absolute atomic E-state index is 0.0664. The molecule has 1 amide bonds. The topological polar surface area (TPSA) is 29.1 Å². The Bertz CT molecular complexity index is 820. The molecule has 4 aliphatic rings. The van der Waals surface area contributed by atoms with Crippen LogP contribution in [-0.2, 0) is 11.2 Å². The maximum Gasteiger partial charge on any atom is 0.252 e. The average Bonchev–Trinajstić information content (AvgIpc) is 2.87. The van der Waals surface area contributed by atoms with Crippen molar-refractivity contribution in [1.29, 1.82) is 0 Å². The highest BCUT2D eigenvalue weighted by molar-refractivity contribution is 6.02. The van der Waals surface area contributed by atoms with E-state index in [1.165, 1.54) is 27.8 Å².